The molecule has 0 bridgehead atoms. The van der Waals surface area contributed by atoms with E-state index in [4.69, 9.17) is 15.0 Å². The fraction of sp³-hybridized carbons (Fsp3) is 0. The molecule has 0 fully saturated rings. The van der Waals surface area contributed by atoms with E-state index in [0.29, 0.717) is 23.3 Å². The molecule has 11 aromatic rings. The normalized spacial score (nSPS) is 11.6. The van der Waals surface area contributed by atoms with E-state index in [0.717, 1.165) is 77.0 Å². The quantitative estimate of drug-likeness (QED) is 0.171. The first kappa shape index (κ1) is 32.6. The number of hydrogen-bond acceptors (Lipinski definition) is 4. The van der Waals surface area contributed by atoms with E-state index in [9.17, 15) is 0 Å². The summed E-state index contributed by atoms with van der Waals surface area (Å²) in [7, 11) is 0. The molecule has 0 aliphatic rings. The number of hydrogen-bond donors (Lipinski definition) is 0. The summed E-state index contributed by atoms with van der Waals surface area (Å²) in [5, 5.41) is 4.17. The van der Waals surface area contributed by atoms with Crippen molar-refractivity contribution in [2.24, 2.45) is 0 Å². The molecule has 268 valence electrons. The van der Waals surface area contributed by atoms with Crippen LogP contribution in [0, 0.1) is 5.82 Å². The molecule has 57 heavy (non-hydrogen) atoms. The SMILES string of the molecule is Fc1cc(-c2cccnc2)ccc1-n1c2ccccc2c2cc3c4ccccc4n(-c4nc(-c5ccccc5)nc(-c5ccc(-c6ccccc6)cc5)n4)c3cc21. The van der Waals surface area contributed by atoms with E-state index in [1.165, 1.54) is 0 Å². The smallest absolute Gasteiger partial charge is 0.238 e. The number of rotatable bonds is 6. The summed E-state index contributed by atoms with van der Waals surface area (Å²) in [5.74, 6) is 1.30. The Hall–Kier alpha value is -7.77. The standard InChI is InChI=1S/C50H31FN6/c51-42-28-36(37-16-11-27-52-31-37)25-26-45(42)56-43-19-9-7-17-38(43)40-29-41-39-18-8-10-20-44(39)57(47(41)30-46(40)56)50-54-48(34-14-5-2-6-15-34)53-49(55-50)35-23-21-33(22-24-35)32-12-3-1-4-13-32/h1-31H. The van der Waals surface area contributed by atoms with Crippen LogP contribution in [0.4, 0.5) is 4.39 Å². The van der Waals surface area contributed by atoms with Gasteiger partial charge in [0.1, 0.15) is 5.82 Å². The van der Waals surface area contributed by atoms with Crippen LogP contribution < -0.4 is 0 Å². The van der Waals surface area contributed by atoms with Crippen molar-refractivity contribution in [2.75, 3.05) is 0 Å². The summed E-state index contributed by atoms with van der Waals surface area (Å²) in [5.41, 5.74) is 9.74. The molecular weight excluding hydrogens is 704 g/mol. The highest BCUT2D eigenvalue weighted by atomic mass is 19.1. The molecule has 0 radical (unpaired) electrons. The fourth-order valence-corrected chi connectivity index (χ4v) is 8.06. The fourth-order valence-electron chi connectivity index (χ4n) is 8.06. The van der Waals surface area contributed by atoms with Crippen molar-refractivity contribution in [1.29, 1.82) is 0 Å². The molecule has 7 aromatic carbocycles. The van der Waals surface area contributed by atoms with Gasteiger partial charge in [0.2, 0.25) is 5.95 Å². The van der Waals surface area contributed by atoms with Gasteiger partial charge in [0.25, 0.3) is 0 Å². The minimum Gasteiger partial charge on any atom is -0.306 e. The Bertz CT molecular complexity index is 3280. The van der Waals surface area contributed by atoms with E-state index in [2.05, 4.69) is 82.3 Å². The number of halogens is 1. The van der Waals surface area contributed by atoms with Crippen LogP contribution in [-0.2, 0) is 0 Å². The lowest BCUT2D eigenvalue weighted by Crippen LogP contribution is -2.06. The van der Waals surface area contributed by atoms with E-state index >= 15 is 4.39 Å². The Labute approximate surface area is 326 Å². The number of nitrogens with zero attached hydrogens (tertiary/aromatic N) is 6. The van der Waals surface area contributed by atoms with Crippen LogP contribution in [0.3, 0.4) is 0 Å². The minimum absolute atomic E-state index is 0.326. The monoisotopic (exact) mass is 734 g/mol. The van der Waals surface area contributed by atoms with Crippen molar-refractivity contribution in [3.8, 4) is 56.7 Å². The average Bonchev–Trinajstić information content (AvgIpc) is 3.78. The minimum atomic E-state index is -0.326. The summed E-state index contributed by atoms with van der Waals surface area (Å²) < 4.78 is 20.6. The van der Waals surface area contributed by atoms with Crippen molar-refractivity contribution < 1.29 is 4.39 Å². The topological polar surface area (TPSA) is 61.4 Å². The van der Waals surface area contributed by atoms with E-state index < -0.39 is 0 Å². The molecule has 4 aromatic heterocycles. The van der Waals surface area contributed by atoms with Crippen molar-refractivity contribution in [1.82, 2.24) is 29.1 Å². The third-order valence-electron chi connectivity index (χ3n) is 10.8. The Morgan fingerprint density at radius 1 is 0.368 bits per heavy atom. The molecule has 4 heterocycles. The number of para-hydroxylation sites is 2. The Balaban J connectivity index is 1.16. The molecule has 0 aliphatic carbocycles. The molecule has 0 amide bonds. The zero-order chi connectivity index (χ0) is 37.9. The summed E-state index contributed by atoms with van der Waals surface area (Å²) in [4.78, 5) is 19.6. The van der Waals surface area contributed by atoms with Gasteiger partial charge in [-0.25, -0.2) is 9.37 Å². The van der Waals surface area contributed by atoms with E-state index in [1.807, 2.05) is 102 Å². The Kier molecular flexibility index (Phi) is 7.57. The molecule has 0 spiro atoms. The zero-order valence-electron chi connectivity index (χ0n) is 30.5. The predicted octanol–water partition coefficient (Wildman–Crippen LogP) is 12.3. The molecule has 0 N–H and O–H groups in total. The molecule has 0 saturated carbocycles. The van der Waals surface area contributed by atoms with Crippen LogP contribution >= 0.6 is 0 Å². The number of benzene rings is 7. The van der Waals surface area contributed by atoms with Crippen molar-refractivity contribution in [3.05, 3.63) is 194 Å². The average molecular weight is 735 g/mol. The first-order chi connectivity index (χ1) is 28.2. The van der Waals surface area contributed by atoms with E-state index in [-0.39, 0.29) is 5.82 Å². The van der Waals surface area contributed by atoms with Gasteiger partial charge in [0.15, 0.2) is 11.6 Å². The van der Waals surface area contributed by atoms with Gasteiger partial charge in [-0.3, -0.25) is 9.55 Å². The highest BCUT2D eigenvalue weighted by Crippen LogP contribution is 2.40. The van der Waals surface area contributed by atoms with Crippen LogP contribution in [0.25, 0.3) is 100 Å². The third-order valence-corrected chi connectivity index (χ3v) is 10.8. The van der Waals surface area contributed by atoms with Crippen LogP contribution in [0.2, 0.25) is 0 Å². The molecule has 0 atom stereocenters. The first-order valence-corrected chi connectivity index (χ1v) is 18.8. The second-order valence-corrected chi connectivity index (χ2v) is 14.1. The van der Waals surface area contributed by atoms with Crippen molar-refractivity contribution >= 4 is 43.6 Å². The molecule has 11 rings (SSSR count). The largest absolute Gasteiger partial charge is 0.306 e. The molecule has 6 nitrogen and oxygen atoms in total. The summed E-state index contributed by atoms with van der Waals surface area (Å²) >= 11 is 0. The van der Waals surface area contributed by atoms with Crippen LogP contribution in [0.1, 0.15) is 0 Å². The lowest BCUT2D eigenvalue weighted by atomic mass is 10.0. The highest BCUT2D eigenvalue weighted by Gasteiger charge is 2.22. The lowest BCUT2D eigenvalue weighted by molar-refractivity contribution is 0.621. The molecular formula is C50H31FN6. The number of pyridine rings is 1. The second kappa shape index (κ2) is 13.2. The van der Waals surface area contributed by atoms with Crippen LogP contribution in [0.15, 0.2) is 188 Å². The molecule has 0 unspecified atom stereocenters. The predicted molar refractivity (Wildman–Crippen MR) is 228 cm³/mol. The highest BCUT2D eigenvalue weighted by molar-refractivity contribution is 6.19. The van der Waals surface area contributed by atoms with Gasteiger partial charge in [-0.05, 0) is 59.2 Å². The second-order valence-electron chi connectivity index (χ2n) is 14.1. The Morgan fingerprint density at radius 3 is 1.54 bits per heavy atom. The maximum atomic E-state index is 16.4. The van der Waals surface area contributed by atoms with Crippen molar-refractivity contribution in [2.45, 2.75) is 0 Å². The van der Waals surface area contributed by atoms with Gasteiger partial charge < -0.3 is 4.57 Å². The Morgan fingerprint density at radius 2 is 0.895 bits per heavy atom. The zero-order valence-corrected chi connectivity index (χ0v) is 30.5. The first-order valence-electron chi connectivity index (χ1n) is 18.8. The maximum absolute atomic E-state index is 16.4. The van der Waals surface area contributed by atoms with Gasteiger partial charge in [-0.1, -0.05) is 133 Å². The number of aromatic nitrogens is 6. The van der Waals surface area contributed by atoms with Crippen LogP contribution in [0.5, 0.6) is 0 Å². The van der Waals surface area contributed by atoms with Gasteiger partial charge in [0.05, 0.1) is 27.8 Å². The van der Waals surface area contributed by atoms with Gasteiger partial charge in [0, 0.05) is 50.6 Å². The molecule has 7 heteroatoms. The van der Waals surface area contributed by atoms with Crippen molar-refractivity contribution in [3.63, 3.8) is 0 Å². The maximum Gasteiger partial charge on any atom is 0.238 e. The summed E-state index contributed by atoms with van der Waals surface area (Å²) in [6.07, 6.45) is 3.47. The lowest BCUT2D eigenvalue weighted by Gasteiger charge is -2.12. The molecule has 0 aliphatic heterocycles. The van der Waals surface area contributed by atoms with Crippen LogP contribution in [-0.4, -0.2) is 29.1 Å². The van der Waals surface area contributed by atoms with E-state index in [1.54, 1.807) is 18.5 Å². The number of fused-ring (bicyclic) bond motifs is 6. The van der Waals surface area contributed by atoms with Gasteiger partial charge in [-0.2, -0.15) is 9.97 Å². The third kappa shape index (κ3) is 5.47. The summed E-state index contributed by atoms with van der Waals surface area (Å²) in [6, 6.07) is 58.8. The van der Waals surface area contributed by atoms with Gasteiger partial charge in [-0.15, -0.1) is 0 Å². The molecule has 0 saturated heterocycles. The summed E-state index contributed by atoms with van der Waals surface area (Å²) in [6.45, 7) is 0. The van der Waals surface area contributed by atoms with Gasteiger partial charge >= 0.3 is 0 Å².